The molecule has 0 unspecified atom stereocenters. The highest BCUT2D eigenvalue weighted by Crippen LogP contribution is 2.32. The van der Waals surface area contributed by atoms with Gasteiger partial charge in [-0.15, -0.1) is 0 Å². The number of hydrogen-bond acceptors (Lipinski definition) is 2. The molecule has 1 heterocycles. The summed E-state index contributed by atoms with van der Waals surface area (Å²) < 4.78 is 1.88. The second kappa shape index (κ2) is 8.79. The molecule has 0 N–H and O–H groups in total. The molecule has 4 aromatic carbocycles. The summed E-state index contributed by atoms with van der Waals surface area (Å²) in [5.74, 6) is 0. The van der Waals surface area contributed by atoms with Crippen LogP contribution < -0.4 is 10.5 Å². The minimum atomic E-state index is -0.00105. The van der Waals surface area contributed by atoms with Gasteiger partial charge in [-0.05, 0) is 52.4 Å². The van der Waals surface area contributed by atoms with Crippen molar-refractivity contribution in [2.45, 2.75) is 6.42 Å². The largest absolute Gasteiger partial charge is 0.378 e. The predicted octanol–water partition coefficient (Wildman–Crippen LogP) is 6.31. The van der Waals surface area contributed by atoms with Crippen molar-refractivity contribution in [3.63, 3.8) is 0 Å². The van der Waals surface area contributed by atoms with E-state index in [2.05, 4.69) is 59.5 Å². The Kier molecular flexibility index (Phi) is 5.54. The van der Waals surface area contributed by atoms with Crippen molar-refractivity contribution in [1.29, 1.82) is 0 Å². The molecule has 33 heavy (non-hydrogen) atoms. The summed E-state index contributed by atoms with van der Waals surface area (Å²) in [6, 6.07) is 36.8. The summed E-state index contributed by atoms with van der Waals surface area (Å²) in [6.07, 6.45) is 0.738. The van der Waals surface area contributed by atoms with Crippen LogP contribution in [0.5, 0.6) is 0 Å². The minimum Gasteiger partial charge on any atom is -0.378 e. The normalized spacial score (nSPS) is 11.0. The Morgan fingerprint density at radius 2 is 1.24 bits per heavy atom. The summed E-state index contributed by atoms with van der Waals surface area (Å²) >= 11 is 0. The molecule has 0 aliphatic heterocycles. The average Bonchev–Trinajstić information content (AvgIpc) is 2.87. The molecule has 0 saturated heterocycles. The zero-order valence-corrected chi connectivity index (χ0v) is 18.9. The van der Waals surface area contributed by atoms with Gasteiger partial charge >= 0.3 is 0 Å². The van der Waals surface area contributed by atoms with Crippen LogP contribution in [0.2, 0.25) is 0 Å². The molecular formula is C30H26N2O. The van der Waals surface area contributed by atoms with Crippen LogP contribution in [0.1, 0.15) is 11.1 Å². The maximum atomic E-state index is 13.9. The number of fused-ring (bicyclic) bond motifs is 1. The third kappa shape index (κ3) is 3.94. The van der Waals surface area contributed by atoms with Crippen molar-refractivity contribution >= 4 is 16.5 Å². The van der Waals surface area contributed by atoms with E-state index < -0.39 is 0 Å². The van der Waals surface area contributed by atoms with Crippen molar-refractivity contribution in [3.05, 3.63) is 131 Å². The fourth-order valence-corrected chi connectivity index (χ4v) is 4.44. The van der Waals surface area contributed by atoms with Crippen LogP contribution in [-0.4, -0.2) is 18.7 Å². The zero-order valence-electron chi connectivity index (χ0n) is 18.9. The second-order valence-electron chi connectivity index (χ2n) is 8.45. The van der Waals surface area contributed by atoms with Gasteiger partial charge in [0.15, 0.2) is 0 Å². The van der Waals surface area contributed by atoms with Crippen LogP contribution in [0.15, 0.2) is 114 Å². The first kappa shape index (κ1) is 20.8. The lowest BCUT2D eigenvalue weighted by Gasteiger charge is -2.21. The highest BCUT2D eigenvalue weighted by Gasteiger charge is 2.19. The molecule has 5 aromatic rings. The van der Waals surface area contributed by atoms with Crippen LogP contribution in [0, 0.1) is 0 Å². The third-order valence-electron chi connectivity index (χ3n) is 6.09. The van der Waals surface area contributed by atoms with Crippen LogP contribution >= 0.6 is 0 Å². The quantitative estimate of drug-likeness (QED) is 0.326. The first-order valence-electron chi connectivity index (χ1n) is 11.2. The molecule has 1 aromatic heterocycles. The van der Waals surface area contributed by atoms with Gasteiger partial charge in [0.25, 0.3) is 5.56 Å². The van der Waals surface area contributed by atoms with Gasteiger partial charge in [0.2, 0.25) is 0 Å². The Labute approximate surface area is 194 Å². The SMILES string of the molecule is CN(C)c1ccc(-n2c(-c3ccccc3)c(Cc3ccccc3)c3ccccc3c2=O)cc1. The molecule has 0 saturated carbocycles. The smallest absolute Gasteiger partial charge is 0.263 e. The standard InChI is InChI=1S/C30H26N2O/c1-31(2)24-17-19-25(20-18-24)32-29(23-13-7-4-8-14-23)28(21-22-11-5-3-6-12-22)26-15-9-10-16-27(26)30(32)33/h3-20H,21H2,1-2H3. The topological polar surface area (TPSA) is 25.2 Å². The van der Waals surface area contributed by atoms with E-state index in [1.807, 2.05) is 73.3 Å². The highest BCUT2D eigenvalue weighted by atomic mass is 16.1. The number of nitrogens with zero attached hydrogens (tertiary/aromatic N) is 2. The first-order chi connectivity index (χ1) is 16.1. The molecule has 0 amide bonds. The number of aromatic nitrogens is 1. The summed E-state index contributed by atoms with van der Waals surface area (Å²) in [7, 11) is 4.04. The van der Waals surface area contributed by atoms with Crippen LogP contribution in [0.25, 0.3) is 27.7 Å². The number of anilines is 1. The van der Waals surface area contributed by atoms with E-state index in [-0.39, 0.29) is 5.56 Å². The molecule has 0 radical (unpaired) electrons. The minimum absolute atomic E-state index is 0.00105. The molecule has 162 valence electrons. The van der Waals surface area contributed by atoms with E-state index >= 15 is 0 Å². The van der Waals surface area contributed by atoms with Crippen molar-refractivity contribution < 1.29 is 0 Å². The maximum absolute atomic E-state index is 13.9. The van der Waals surface area contributed by atoms with Crippen molar-refractivity contribution in [2.75, 3.05) is 19.0 Å². The molecule has 0 spiro atoms. The number of pyridine rings is 1. The fourth-order valence-electron chi connectivity index (χ4n) is 4.44. The molecule has 3 heteroatoms. The van der Waals surface area contributed by atoms with E-state index in [9.17, 15) is 4.79 Å². The Balaban J connectivity index is 1.87. The van der Waals surface area contributed by atoms with Gasteiger partial charge in [0.05, 0.1) is 5.69 Å². The molecule has 0 atom stereocenters. The van der Waals surface area contributed by atoms with Gasteiger partial charge in [-0.3, -0.25) is 9.36 Å². The average molecular weight is 431 g/mol. The van der Waals surface area contributed by atoms with Crippen molar-refractivity contribution in [2.24, 2.45) is 0 Å². The van der Waals surface area contributed by atoms with Gasteiger partial charge < -0.3 is 4.90 Å². The summed E-state index contributed by atoms with van der Waals surface area (Å²) in [5.41, 5.74) is 6.30. The lowest BCUT2D eigenvalue weighted by atomic mass is 9.93. The lowest BCUT2D eigenvalue weighted by molar-refractivity contribution is 0.991. The Hall–Kier alpha value is -4.11. The van der Waals surface area contributed by atoms with Crippen LogP contribution in [-0.2, 0) is 6.42 Å². The molecule has 0 fully saturated rings. The number of benzene rings is 4. The van der Waals surface area contributed by atoms with Gasteiger partial charge in [-0.25, -0.2) is 0 Å². The monoisotopic (exact) mass is 430 g/mol. The third-order valence-corrected chi connectivity index (χ3v) is 6.09. The number of hydrogen-bond donors (Lipinski definition) is 0. The van der Waals surface area contributed by atoms with Crippen LogP contribution in [0.4, 0.5) is 5.69 Å². The molecule has 0 bridgehead atoms. The highest BCUT2D eigenvalue weighted by molar-refractivity contribution is 5.91. The Morgan fingerprint density at radius 1 is 0.667 bits per heavy atom. The fraction of sp³-hybridized carbons (Fsp3) is 0.100. The van der Waals surface area contributed by atoms with Crippen molar-refractivity contribution in [3.8, 4) is 16.9 Å². The summed E-state index contributed by atoms with van der Waals surface area (Å²) in [4.78, 5) is 16.0. The second-order valence-corrected chi connectivity index (χ2v) is 8.45. The molecule has 0 aliphatic rings. The molecular weight excluding hydrogens is 404 g/mol. The van der Waals surface area contributed by atoms with Gasteiger partial charge in [-0.2, -0.15) is 0 Å². The summed E-state index contributed by atoms with van der Waals surface area (Å²) in [6.45, 7) is 0. The van der Waals surface area contributed by atoms with Crippen LogP contribution in [0.3, 0.4) is 0 Å². The van der Waals surface area contributed by atoms with Crippen molar-refractivity contribution in [1.82, 2.24) is 4.57 Å². The van der Waals surface area contributed by atoms with E-state index in [0.29, 0.717) is 0 Å². The molecule has 3 nitrogen and oxygen atoms in total. The van der Waals surface area contributed by atoms with Gasteiger partial charge in [-0.1, -0.05) is 78.9 Å². The first-order valence-corrected chi connectivity index (χ1v) is 11.2. The Bertz CT molecular complexity index is 1450. The summed E-state index contributed by atoms with van der Waals surface area (Å²) in [5, 5.41) is 1.74. The van der Waals surface area contributed by atoms with E-state index in [0.717, 1.165) is 45.4 Å². The molecule has 5 rings (SSSR count). The zero-order chi connectivity index (χ0) is 22.8. The van der Waals surface area contributed by atoms with Gasteiger partial charge in [0, 0.05) is 37.3 Å². The van der Waals surface area contributed by atoms with E-state index in [1.165, 1.54) is 5.56 Å². The maximum Gasteiger partial charge on any atom is 0.263 e. The number of rotatable bonds is 5. The predicted molar refractivity (Wildman–Crippen MR) is 139 cm³/mol. The van der Waals surface area contributed by atoms with E-state index in [1.54, 1.807) is 0 Å². The van der Waals surface area contributed by atoms with E-state index in [4.69, 9.17) is 0 Å². The lowest BCUT2D eigenvalue weighted by Crippen LogP contribution is -2.22. The van der Waals surface area contributed by atoms with Gasteiger partial charge in [0.1, 0.15) is 0 Å². The Morgan fingerprint density at radius 3 is 1.88 bits per heavy atom. The molecule has 0 aliphatic carbocycles.